The standard InChI is InChI=1S/C13H18F2N2O3S/c14-13(15)21-9-10-1-2-11(20-10)12(19)17-5-3-16(4-6-17)7-8-18/h1-2,13,18H,3-9H2. The number of β-amino-alcohol motifs (C(OH)–C–C–N with tert-alkyl or cyclic N) is 1. The molecule has 21 heavy (non-hydrogen) atoms. The van der Waals surface area contributed by atoms with Crippen LogP contribution in [0.2, 0.25) is 0 Å². The average molecular weight is 320 g/mol. The van der Waals surface area contributed by atoms with Crippen LogP contribution in [0.15, 0.2) is 16.5 Å². The first-order valence-electron chi connectivity index (χ1n) is 6.71. The molecule has 5 nitrogen and oxygen atoms in total. The molecule has 1 aliphatic heterocycles. The summed E-state index contributed by atoms with van der Waals surface area (Å²) in [6, 6.07) is 3.09. The number of aliphatic hydroxyl groups is 1. The molecule has 0 unspecified atom stereocenters. The van der Waals surface area contributed by atoms with Crippen molar-refractivity contribution in [2.75, 3.05) is 39.3 Å². The van der Waals surface area contributed by atoms with Crippen molar-refractivity contribution in [1.82, 2.24) is 9.80 Å². The van der Waals surface area contributed by atoms with Gasteiger partial charge >= 0.3 is 0 Å². The second kappa shape index (κ2) is 7.77. The fourth-order valence-corrected chi connectivity index (χ4v) is 2.63. The minimum Gasteiger partial charge on any atom is -0.455 e. The van der Waals surface area contributed by atoms with E-state index in [1.54, 1.807) is 11.0 Å². The lowest BCUT2D eigenvalue weighted by molar-refractivity contribution is 0.0584. The van der Waals surface area contributed by atoms with Gasteiger partial charge in [-0.2, -0.15) is 8.78 Å². The van der Waals surface area contributed by atoms with Gasteiger partial charge in [-0.05, 0) is 12.1 Å². The van der Waals surface area contributed by atoms with Crippen LogP contribution in [0.5, 0.6) is 0 Å². The lowest BCUT2D eigenvalue weighted by Gasteiger charge is -2.33. The Bertz CT molecular complexity index is 462. The van der Waals surface area contributed by atoms with E-state index in [1.165, 1.54) is 6.07 Å². The third-order valence-corrected chi connectivity index (χ3v) is 4.00. The van der Waals surface area contributed by atoms with E-state index in [1.807, 2.05) is 0 Å². The summed E-state index contributed by atoms with van der Waals surface area (Å²) in [5.41, 5.74) is 0. The van der Waals surface area contributed by atoms with Crippen molar-refractivity contribution in [3.8, 4) is 0 Å². The highest BCUT2D eigenvalue weighted by atomic mass is 32.2. The Balaban J connectivity index is 1.86. The van der Waals surface area contributed by atoms with Crippen LogP contribution < -0.4 is 0 Å². The Morgan fingerprint density at radius 3 is 2.67 bits per heavy atom. The molecule has 1 saturated heterocycles. The molecule has 0 radical (unpaired) electrons. The molecule has 1 aromatic heterocycles. The molecule has 1 fully saturated rings. The third-order valence-electron chi connectivity index (χ3n) is 3.30. The monoisotopic (exact) mass is 320 g/mol. The summed E-state index contributed by atoms with van der Waals surface area (Å²) in [6.07, 6.45) is 0. The van der Waals surface area contributed by atoms with Crippen LogP contribution in [-0.4, -0.2) is 65.9 Å². The summed E-state index contributed by atoms with van der Waals surface area (Å²) in [5, 5.41) is 8.87. The average Bonchev–Trinajstić information content (AvgIpc) is 2.94. The van der Waals surface area contributed by atoms with Crippen molar-refractivity contribution in [2.45, 2.75) is 11.5 Å². The number of piperazine rings is 1. The van der Waals surface area contributed by atoms with Crippen molar-refractivity contribution in [2.24, 2.45) is 0 Å². The molecule has 0 spiro atoms. The SMILES string of the molecule is O=C(c1ccc(CSC(F)F)o1)N1CCN(CCO)CC1. The van der Waals surface area contributed by atoms with E-state index < -0.39 is 5.76 Å². The fourth-order valence-electron chi connectivity index (χ4n) is 2.19. The number of amides is 1. The van der Waals surface area contributed by atoms with Crippen molar-refractivity contribution in [3.63, 3.8) is 0 Å². The molecule has 0 saturated carbocycles. The molecular weight excluding hydrogens is 302 g/mol. The number of halogens is 2. The van der Waals surface area contributed by atoms with E-state index in [2.05, 4.69) is 4.90 Å². The fraction of sp³-hybridized carbons (Fsp3) is 0.615. The summed E-state index contributed by atoms with van der Waals surface area (Å²) in [5.74, 6) is -2.05. The first-order chi connectivity index (χ1) is 10.1. The Morgan fingerprint density at radius 1 is 1.33 bits per heavy atom. The number of hydrogen-bond donors (Lipinski definition) is 1. The Labute approximate surface area is 125 Å². The van der Waals surface area contributed by atoms with E-state index in [0.717, 1.165) is 0 Å². The largest absolute Gasteiger partial charge is 0.455 e. The maximum atomic E-state index is 12.2. The molecule has 0 bridgehead atoms. The van der Waals surface area contributed by atoms with E-state index in [0.29, 0.717) is 50.2 Å². The second-order valence-electron chi connectivity index (χ2n) is 4.70. The summed E-state index contributed by atoms with van der Waals surface area (Å²) >= 11 is 0.468. The maximum Gasteiger partial charge on any atom is 0.289 e. The van der Waals surface area contributed by atoms with Crippen LogP contribution in [-0.2, 0) is 5.75 Å². The quantitative estimate of drug-likeness (QED) is 0.860. The van der Waals surface area contributed by atoms with Gasteiger partial charge in [0.25, 0.3) is 11.7 Å². The van der Waals surface area contributed by atoms with Crippen LogP contribution in [0.3, 0.4) is 0 Å². The number of aliphatic hydroxyl groups excluding tert-OH is 1. The number of furan rings is 1. The van der Waals surface area contributed by atoms with Gasteiger partial charge in [0.15, 0.2) is 5.76 Å². The number of carbonyl (C=O) groups is 1. The van der Waals surface area contributed by atoms with Crippen molar-refractivity contribution in [3.05, 3.63) is 23.7 Å². The van der Waals surface area contributed by atoms with E-state index >= 15 is 0 Å². The van der Waals surface area contributed by atoms with Crippen molar-refractivity contribution in [1.29, 1.82) is 0 Å². The number of alkyl halides is 2. The lowest BCUT2D eigenvalue weighted by Crippen LogP contribution is -2.49. The molecule has 1 aromatic rings. The zero-order valence-corrected chi connectivity index (χ0v) is 12.3. The van der Waals surface area contributed by atoms with Gasteiger partial charge in [-0.25, -0.2) is 0 Å². The first-order valence-corrected chi connectivity index (χ1v) is 7.76. The van der Waals surface area contributed by atoms with Gasteiger partial charge in [0, 0.05) is 32.7 Å². The van der Waals surface area contributed by atoms with Crippen molar-refractivity contribution < 1.29 is 23.1 Å². The van der Waals surface area contributed by atoms with Gasteiger partial charge in [0.05, 0.1) is 12.4 Å². The van der Waals surface area contributed by atoms with Gasteiger partial charge in [-0.1, -0.05) is 11.8 Å². The highest BCUT2D eigenvalue weighted by molar-refractivity contribution is 7.98. The molecule has 2 heterocycles. The van der Waals surface area contributed by atoms with Crippen LogP contribution >= 0.6 is 11.8 Å². The minimum atomic E-state index is -2.45. The lowest BCUT2D eigenvalue weighted by atomic mass is 10.3. The summed E-state index contributed by atoms with van der Waals surface area (Å²) in [4.78, 5) is 16.0. The Kier molecular flexibility index (Phi) is 6.01. The number of hydrogen-bond acceptors (Lipinski definition) is 5. The van der Waals surface area contributed by atoms with Crippen LogP contribution in [0, 0.1) is 0 Å². The van der Waals surface area contributed by atoms with Crippen LogP contribution in [0.25, 0.3) is 0 Å². The molecule has 1 amide bonds. The van der Waals surface area contributed by atoms with Crippen LogP contribution in [0.4, 0.5) is 8.78 Å². The first kappa shape index (κ1) is 16.3. The Morgan fingerprint density at radius 2 is 2.05 bits per heavy atom. The topological polar surface area (TPSA) is 56.9 Å². The molecule has 118 valence electrons. The Hall–Kier alpha value is -1.12. The predicted octanol–water partition coefficient (Wildman–Crippen LogP) is 1.49. The smallest absolute Gasteiger partial charge is 0.289 e. The number of carbonyl (C=O) groups excluding carboxylic acids is 1. The molecular formula is C13H18F2N2O3S. The normalized spacial score (nSPS) is 16.7. The van der Waals surface area contributed by atoms with Crippen LogP contribution in [0.1, 0.15) is 16.3 Å². The van der Waals surface area contributed by atoms with E-state index in [-0.39, 0.29) is 24.0 Å². The van der Waals surface area contributed by atoms with Gasteiger partial charge in [-0.15, -0.1) is 0 Å². The molecule has 0 atom stereocenters. The highest BCUT2D eigenvalue weighted by Gasteiger charge is 2.24. The molecule has 0 aliphatic carbocycles. The molecule has 1 N–H and O–H groups in total. The highest BCUT2D eigenvalue weighted by Crippen LogP contribution is 2.22. The minimum absolute atomic E-state index is 0.0508. The van der Waals surface area contributed by atoms with Gasteiger partial charge in [-0.3, -0.25) is 9.69 Å². The molecule has 2 rings (SSSR count). The summed E-state index contributed by atoms with van der Waals surface area (Å²) in [6.45, 7) is 3.28. The van der Waals surface area contributed by atoms with E-state index in [4.69, 9.17) is 9.52 Å². The maximum absolute atomic E-state index is 12.2. The zero-order chi connectivity index (χ0) is 15.2. The summed E-state index contributed by atoms with van der Waals surface area (Å²) in [7, 11) is 0. The van der Waals surface area contributed by atoms with Crippen molar-refractivity contribution >= 4 is 17.7 Å². The van der Waals surface area contributed by atoms with Gasteiger partial charge in [0.2, 0.25) is 0 Å². The predicted molar refractivity (Wildman–Crippen MR) is 75.4 cm³/mol. The van der Waals surface area contributed by atoms with E-state index in [9.17, 15) is 13.6 Å². The number of nitrogens with zero attached hydrogens (tertiary/aromatic N) is 2. The molecule has 1 aliphatic rings. The second-order valence-corrected chi connectivity index (χ2v) is 5.67. The zero-order valence-electron chi connectivity index (χ0n) is 11.5. The number of rotatable bonds is 6. The van der Waals surface area contributed by atoms with Gasteiger partial charge < -0.3 is 14.4 Å². The number of thioether (sulfide) groups is 1. The molecule has 8 heteroatoms. The summed E-state index contributed by atoms with van der Waals surface area (Å²) < 4.78 is 29.5. The van der Waals surface area contributed by atoms with Gasteiger partial charge in [0.1, 0.15) is 5.76 Å². The molecule has 0 aromatic carbocycles. The third kappa shape index (κ3) is 4.69.